The first-order valence-electron chi connectivity index (χ1n) is 6.58. The average molecular weight is 274 g/mol. The molecule has 0 saturated carbocycles. The van der Waals surface area contributed by atoms with Crippen LogP contribution in [-0.4, -0.2) is 31.9 Å². The number of ether oxygens (including phenoxy) is 1. The van der Waals surface area contributed by atoms with Crippen molar-refractivity contribution in [2.45, 2.75) is 38.7 Å². The Labute approximate surface area is 117 Å². The molecule has 20 heavy (non-hydrogen) atoms. The number of rotatable bonds is 0. The van der Waals surface area contributed by atoms with Crippen LogP contribution >= 0.6 is 0 Å². The Balaban J connectivity index is 2.23. The number of aromatic nitrogens is 4. The molecule has 0 spiro atoms. The molecule has 0 amide bonds. The van der Waals surface area contributed by atoms with Crippen molar-refractivity contribution in [2.75, 3.05) is 6.61 Å². The van der Waals surface area contributed by atoms with Gasteiger partial charge in [-0.25, -0.2) is 0 Å². The number of fused-ring (bicyclic) bond motifs is 3. The van der Waals surface area contributed by atoms with Crippen molar-refractivity contribution in [1.82, 2.24) is 20.2 Å². The van der Waals surface area contributed by atoms with E-state index in [1.807, 2.05) is 18.2 Å². The number of aliphatic hydroxyl groups is 1. The number of tetrazole rings is 1. The van der Waals surface area contributed by atoms with Crippen LogP contribution in [0.2, 0.25) is 0 Å². The summed E-state index contributed by atoms with van der Waals surface area (Å²) in [4.78, 5) is 0. The Bertz CT molecular complexity index is 655. The normalized spacial score (nSPS) is 21.6. The summed E-state index contributed by atoms with van der Waals surface area (Å²) in [5, 5.41) is 22.0. The maximum Gasteiger partial charge on any atom is 0.191 e. The second kappa shape index (κ2) is 4.02. The topological polar surface area (TPSA) is 73.1 Å². The minimum atomic E-state index is -1.22. The molecule has 6 nitrogen and oxygen atoms in total. The number of benzene rings is 1. The molecule has 0 radical (unpaired) electrons. The first kappa shape index (κ1) is 13.1. The highest BCUT2D eigenvalue weighted by Gasteiger charge is 2.35. The summed E-state index contributed by atoms with van der Waals surface area (Å²) in [6, 6.07) is 5.95. The molecule has 0 saturated heterocycles. The predicted molar refractivity (Wildman–Crippen MR) is 72.9 cm³/mol. The monoisotopic (exact) mass is 274 g/mol. The average Bonchev–Trinajstić information content (AvgIpc) is 2.81. The highest BCUT2D eigenvalue weighted by atomic mass is 16.5. The molecule has 0 bridgehead atoms. The molecule has 106 valence electrons. The first-order chi connectivity index (χ1) is 9.29. The number of hydrogen-bond acceptors (Lipinski definition) is 5. The lowest BCUT2D eigenvalue weighted by Gasteiger charge is -2.20. The van der Waals surface area contributed by atoms with Gasteiger partial charge in [0.1, 0.15) is 18.0 Å². The van der Waals surface area contributed by atoms with Crippen molar-refractivity contribution < 1.29 is 9.84 Å². The third kappa shape index (κ3) is 1.96. The SMILES string of the molecule is CC(C)(C)c1ccc2c(c1)-n1nnnc1C(C)(O)CO2. The van der Waals surface area contributed by atoms with E-state index < -0.39 is 5.60 Å². The Morgan fingerprint density at radius 3 is 2.80 bits per heavy atom. The summed E-state index contributed by atoms with van der Waals surface area (Å²) in [6.45, 7) is 8.19. The highest BCUT2D eigenvalue weighted by molar-refractivity contribution is 5.51. The van der Waals surface area contributed by atoms with Crippen LogP contribution in [0.5, 0.6) is 5.75 Å². The van der Waals surface area contributed by atoms with Gasteiger partial charge in [0.2, 0.25) is 0 Å². The molecule has 0 fully saturated rings. The third-order valence-corrected chi connectivity index (χ3v) is 3.51. The molecule has 1 aliphatic heterocycles. The summed E-state index contributed by atoms with van der Waals surface area (Å²) in [5.41, 5.74) is 0.709. The molecule has 2 aromatic rings. The Kier molecular flexibility index (Phi) is 2.62. The van der Waals surface area contributed by atoms with E-state index in [1.165, 1.54) is 0 Å². The van der Waals surface area contributed by atoms with Gasteiger partial charge in [0.25, 0.3) is 0 Å². The molecule has 1 aromatic heterocycles. The van der Waals surface area contributed by atoms with E-state index >= 15 is 0 Å². The van der Waals surface area contributed by atoms with Crippen molar-refractivity contribution in [3.05, 3.63) is 29.6 Å². The van der Waals surface area contributed by atoms with Crippen molar-refractivity contribution in [2.24, 2.45) is 0 Å². The van der Waals surface area contributed by atoms with Crippen molar-refractivity contribution in [3.63, 3.8) is 0 Å². The summed E-state index contributed by atoms with van der Waals surface area (Å²) in [5.74, 6) is 1.06. The zero-order chi connectivity index (χ0) is 14.5. The molecule has 3 rings (SSSR count). The van der Waals surface area contributed by atoms with Crippen LogP contribution < -0.4 is 4.74 Å². The molecule has 1 aliphatic rings. The van der Waals surface area contributed by atoms with Crippen molar-refractivity contribution >= 4 is 0 Å². The van der Waals surface area contributed by atoms with Gasteiger partial charge >= 0.3 is 0 Å². The van der Waals surface area contributed by atoms with Crippen molar-refractivity contribution in [3.8, 4) is 11.4 Å². The lowest BCUT2D eigenvalue weighted by Crippen LogP contribution is -2.31. The minimum Gasteiger partial charge on any atom is -0.488 e. The number of nitrogens with zero attached hydrogens (tertiary/aromatic N) is 4. The van der Waals surface area contributed by atoms with Gasteiger partial charge in [-0.05, 0) is 40.5 Å². The molecule has 1 aromatic carbocycles. The molecule has 1 N–H and O–H groups in total. The largest absolute Gasteiger partial charge is 0.488 e. The van der Waals surface area contributed by atoms with E-state index in [0.717, 1.165) is 11.3 Å². The van der Waals surface area contributed by atoms with Crippen LogP contribution in [0, 0.1) is 0 Å². The second-order valence-corrected chi connectivity index (χ2v) is 6.41. The van der Waals surface area contributed by atoms with Crippen molar-refractivity contribution in [1.29, 1.82) is 0 Å². The van der Waals surface area contributed by atoms with E-state index in [9.17, 15) is 5.11 Å². The molecule has 0 aliphatic carbocycles. The van der Waals surface area contributed by atoms with Crippen LogP contribution in [0.3, 0.4) is 0 Å². The van der Waals surface area contributed by atoms with E-state index in [-0.39, 0.29) is 12.0 Å². The maximum atomic E-state index is 10.4. The van der Waals surface area contributed by atoms with E-state index in [0.29, 0.717) is 11.6 Å². The number of hydrogen-bond donors (Lipinski definition) is 1. The molecular formula is C14H18N4O2. The lowest BCUT2D eigenvalue weighted by atomic mass is 9.87. The Morgan fingerprint density at radius 2 is 2.10 bits per heavy atom. The molecule has 1 unspecified atom stereocenters. The fourth-order valence-electron chi connectivity index (χ4n) is 2.24. The van der Waals surface area contributed by atoms with E-state index in [2.05, 4.69) is 36.3 Å². The van der Waals surface area contributed by atoms with Crippen LogP contribution in [0.15, 0.2) is 18.2 Å². The zero-order valence-electron chi connectivity index (χ0n) is 12.1. The van der Waals surface area contributed by atoms with Gasteiger partial charge in [0, 0.05) is 0 Å². The molecule has 1 atom stereocenters. The van der Waals surface area contributed by atoms with Crippen LogP contribution in [0.25, 0.3) is 5.69 Å². The fraction of sp³-hybridized carbons (Fsp3) is 0.500. The molecular weight excluding hydrogens is 256 g/mol. The Morgan fingerprint density at radius 1 is 1.35 bits per heavy atom. The standard InChI is InChI=1S/C14H18N4O2/c1-13(2,3)9-5-6-11-10(7-9)18-12(15-16-17-18)14(4,19)8-20-11/h5-7,19H,8H2,1-4H3. The minimum absolute atomic E-state index is 0.0119. The molecule has 2 heterocycles. The first-order valence-corrected chi connectivity index (χ1v) is 6.58. The van der Waals surface area contributed by atoms with Gasteiger partial charge in [-0.1, -0.05) is 26.8 Å². The lowest BCUT2D eigenvalue weighted by molar-refractivity contribution is 0.00211. The smallest absolute Gasteiger partial charge is 0.191 e. The molecule has 6 heteroatoms. The van der Waals surface area contributed by atoms with Crippen LogP contribution in [-0.2, 0) is 11.0 Å². The Hall–Kier alpha value is -1.95. The van der Waals surface area contributed by atoms with Crippen LogP contribution in [0.4, 0.5) is 0 Å². The summed E-state index contributed by atoms with van der Waals surface area (Å²) >= 11 is 0. The summed E-state index contributed by atoms with van der Waals surface area (Å²) < 4.78 is 7.25. The predicted octanol–water partition coefficient (Wildman–Crippen LogP) is 1.56. The third-order valence-electron chi connectivity index (χ3n) is 3.51. The maximum absolute atomic E-state index is 10.4. The van der Waals surface area contributed by atoms with Gasteiger partial charge in [0.15, 0.2) is 11.4 Å². The van der Waals surface area contributed by atoms with E-state index in [4.69, 9.17) is 4.74 Å². The quantitative estimate of drug-likeness (QED) is 0.789. The van der Waals surface area contributed by atoms with Gasteiger partial charge in [0.05, 0.1) is 0 Å². The van der Waals surface area contributed by atoms with E-state index in [1.54, 1.807) is 11.6 Å². The second-order valence-electron chi connectivity index (χ2n) is 6.41. The zero-order valence-corrected chi connectivity index (χ0v) is 12.1. The summed E-state index contributed by atoms with van der Waals surface area (Å²) in [6.07, 6.45) is 0. The van der Waals surface area contributed by atoms with Gasteiger partial charge < -0.3 is 9.84 Å². The van der Waals surface area contributed by atoms with Gasteiger partial charge in [-0.15, -0.1) is 5.10 Å². The van der Waals surface area contributed by atoms with Crippen LogP contribution in [0.1, 0.15) is 39.1 Å². The highest BCUT2D eigenvalue weighted by Crippen LogP contribution is 2.35. The summed E-state index contributed by atoms with van der Waals surface area (Å²) in [7, 11) is 0. The van der Waals surface area contributed by atoms with Gasteiger partial charge in [-0.2, -0.15) is 4.68 Å². The fourth-order valence-corrected chi connectivity index (χ4v) is 2.24. The van der Waals surface area contributed by atoms with Gasteiger partial charge in [-0.3, -0.25) is 0 Å².